The SMILES string of the molecule is Cn1c(=O)[nH]c(=O)c2ccc(C(=O)N3CC(CO)Cc4ccccc43)nc21. The predicted molar refractivity (Wildman–Crippen MR) is 100 cm³/mol. The molecule has 1 amide bonds. The molecule has 0 aliphatic carbocycles. The van der Waals surface area contributed by atoms with Crippen LogP contribution in [0.2, 0.25) is 0 Å². The summed E-state index contributed by atoms with van der Waals surface area (Å²) >= 11 is 0. The molecule has 27 heavy (non-hydrogen) atoms. The van der Waals surface area contributed by atoms with Crippen LogP contribution in [0.15, 0.2) is 46.0 Å². The van der Waals surface area contributed by atoms with E-state index >= 15 is 0 Å². The minimum atomic E-state index is -0.590. The lowest BCUT2D eigenvalue weighted by Crippen LogP contribution is -2.41. The highest BCUT2D eigenvalue weighted by Crippen LogP contribution is 2.30. The number of hydrogen-bond donors (Lipinski definition) is 2. The molecule has 0 fully saturated rings. The Kier molecular flexibility index (Phi) is 4.12. The van der Waals surface area contributed by atoms with Crippen molar-refractivity contribution in [2.45, 2.75) is 6.42 Å². The van der Waals surface area contributed by atoms with E-state index in [0.29, 0.717) is 13.0 Å². The van der Waals surface area contributed by atoms with Crippen LogP contribution >= 0.6 is 0 Å². The van der Waals surface area contributed by atoms with E-state index in [1.54, 1.807) is 4.90 Å². The summed E-state index contributed by atoms with van der Waals surface area (Å²) in [4.78, 5) is 45.0. The van der Waals surface area contributed by atoms with E-state index in [-0.39, 0.29) is 35.2 Å². The number of nitrogens with zero attached hydrogens (tertiary/aromatic N) is 3. The zero-order valence-corrected chi connectivity index (χ0v) is 14.7. The maximum absolute atomic E-state index is 13.2. The van der Waals surface area contributed by atoms with Gasteiger partial charge in [0.15, 0.2) is 0 Å². The van der Waals surface area contributed by atoms with Crippen molar-refractivity contribution >= 4 is 22.6 Å². The molecule has 0 bridgehead atoms. The molecule has 0 radical (unpaired) electrons. The fraction of sp³-hybridized carbons (Fsp3) is 0.263. The molecular formula is C19H18N4O4. The topological polar surface area (TPSA) is 108 Å². The number of carbonyl (C=O) groups excluding carboxylic acids is 1. The molecule has 3 aromatic rings. The molecule has 138 valence electrons. The van der Waals surface area contributed by atoms with Crippen molar-refractivity contribution in [3.8, 4) is 0 Å². The third-order valence-corrected chi connectivity index (χ3v) is 4.92. The highest BCUT2D eigenvalue weighted by molar-refractivity contribution is 6.06. The fourth-order valence-electron chi connectivity index (χ4n) is 3.48. The Morgan fingerprint density at radius 3 is 2.81 bits per heavy atom. The Hall–Kier alpha value is -3.26. The van der Waals surface area contributed by atoms with Crippen LogP contribution in [0.3, 0.4) is 0 Å². The number of aliphatic hydroxyl groups is 1. The molecule has 2 N–H and O–H groups in total. The molecule has 1 atom stereocenters. The summed E-state index contributed by atoms with van der Waals surface area (Å²) in [5.74, 6) is -0.397. The lowest BCUT2D eigenvalue weighted by molar-refractivity contribution is 0.0970. The fourth-order valence-corrected chi connectivity index (χ4v) is 3.48. The third-order valence-electron chi connectivity index (χ3n) is 4.92. The monoisotopic (exact) mass is 366 g/mol. The van der Waals surface area contributed by atoms with Crippen LogP contribution in [-0.4, -0.2) is 38.7 Å². The number of H-pyrrole nitrogens is 1. The average molecular weight is 366 g/mol. The van der Waals surface area contributed by atoms with Gasteiger partial charge in [0, 0.05) is 31.8 Å². The Morgan fingerprint density at radius 1 is 1.26 bits per heavy atom. The normalized spacial score (nSPS) is 16.4. The van der Waals surface area contributed by atoms with Gasteiger partial charge in [-0.2, -0.15) is 0 Å². The maximum Gasteiger partial charge on any atom is 0.329 e. The molecule has 1 aliphatic rings. The number of aryl methyl sites for hydroxylation is 1. The second-order valence-corrected chi connectivity index (χ2v) is 6.68. The van der Waals surface area contributed by atoms with E-state index in [1.165, 1.54) is 23.7 Å². The van der Waals surface area contributed by atoms with Crippen LogP contribution in [0, 0.1) is 5.92 Å². The summed E-state index contributed by atoms with van der Waals surface area (Å²) in [6.45, 7) is 0.355. The van der Waals surface area contributed by atoms with Crippen molar-refractivity contribution in [2.75, 3.05) is 18.1 Å². The second-order valence-electron chi connectivity index (χ2n) is 6.68. The van der Waals surface area contributed by atoms with Gasteiger partial charge in [-0.3, -0.25) is 19.1 Å². The van der Waals surface area contributed by atoms with E-state index in [4.69, 9.17) is 0 Å². The zero-order chi connectivity index (χ0) is 19.1. The molecule has 0 saturated heterocycles. The smallest absolute Gasteiger partial charge is 0.329 e. The van der Waals surface area contributed by atoms with Gasteiger partial charge < -0.3 is 10.0 Å². The second kappa shape index (κ2) is 6.48. The molecule has 4 rings (SSSR count). The number of amides is 1. The van der Waals surface area contributed by atoms with Gasteiger partial charge in [0.1, 0.15) is 11.3 Å². The number of carbonyl (C=O) groups is 1. The Morgan fingerprint density at radius 2 is 2.04 bits per heavy atom. The minimum Gasteiger partial charge on any atom is -0.396 e. The van der Waals surface area contributed by atoms with Gasteiger partial charge in [-0.1, -0.05) is 18.2 Å². The first-order valence-electron chi connectivity index (χ1n) is 8.60. The molecule has 1 unspecified atom stereocenters. The summed E-state index contributed by atoms with van der Waals surface area (Å²) in [6.07, 6.45) is 0.700. The van der Waals surface area contributed by atoms with Crippen LogP contribution in [0.5, 0.6) is 0 Å². The van der Waals surface area contributed by atoms with Crippen molar-refractivity contribution in [3.05, 3.63) is 68.5 Å². The van der Waals surface area contributed by atoms with Gasteiger partial charge in [-0.25, -0.2) is 9.78 Å². The van der Waals surface area contributed by atoms with Gasteiger partial charge >= 0.3 is 5.69 Å². The third kappa shape index (κ3) is 2.83. The molecule has 3 heterocycles. The van der Waals surface area contributed by atoms with Crippen molar-refractivity contribution in [3.63, 3.8) is 0 Å². The number of anilines is 1. The lowest BCUT2D eigenvalue weighted by Gasteiger charge is -2.33. The summed E-state index contributed by atoms with van der Waals surface area (Å²) in [5, 5.41) is 9.83. The highest BCUT2D eigenvalue weighted by Gasteiger charge is 2.29. The predicted octanol–water partition coefficient (Wildman–Crippen LogP) is 0.433. The van der Waals surface area contributed by atoms with Crippen molar-refractivity contribution in [1.29, 1.82) is 0 Å². The van der Waals surface area contributed by atoms with Gasteiger partial charge in [0.05, 0.1) is 5.39 Å². The zero-order valence-electron chi connectivity index (χ0n) is 14.7. The van der Waals surface area contributed by atoms with Gasteiger partial charge in [-0.15, -0.1) is 0 Å². The standard InChI is InChI=1S/C19H18N4O4/c1-22-16-13(17(25)21-19(22)27)6-7-14(20-16)18(26)23-9-11(10-24)8-12-4-2-3-5-15(12)23/h2-7,11,24H,8-10H2,1H3,(H,21,25,27). The van der Waals surface area contributed by atoms with E-state index in [0.717, 1.165) is 11.3 Å². The number of hydrogen-bond acceptors (Lipinski definition) is 5. The number of fused-ring (bicyclic) bond motifs is 2. The van der Waals surface area contributed by atoms with E-state index < -0.39 is 11.2 Å². The quantitative estimate of drug-likeness (QED) is 0.684. The number of rotatable bonds is 2. The molecule has 0 saturated carbocycles. The molecule has 2 aromatic heterocycles. The average Bonchev–Trinajstić information content (AvgIpc) is 2.70. The maximum atomic E-state index is 13.2. The Balaban J connectivity index is 1.82. The van der Waals surface area contributed by atoms with Crippen LogP contribution in [-0.2, 0) is 13.5 Å². The van der Waals surface area contributed by atoms with Crippen molar-refractivity contribution in [2.24, 2.45) is 13.0 Å². The number of para-hydroxylation sites is 1. The first-order valence-corrected chi connectivity index (χ1v) is 8.60. The van der Waals surface area contributed by atoms with Crippen molar-refractivity contribution < 1.29 is 9.90 Å². The van der Waals surface area contributed by atoms with Gasteiger partial charge in [0.2, 0.25) is 0 Å². The summed E-state index contributed by atoms with van der Waals surface area (Å²) in [7, 11) is 1.49. The van der Waals surface area contributed by atoms with Crippen LogP contribution in [0.4, 0.5) is 5.69 Å². The summed E-state index contributed by atoms with van der Waals surface area (Å²) in [6, 6.07) is 10.5. The van der Waals surface area contributed by atoms with E-state index in [1.807, 2.05) is 24.3 Å². The van der Waals surface area contributed by atoms with Crippen LogP contribution < -0.4 is 16.1 Å². The number of pyridine rings is 1. The first kappa shape index (κ1) is 17.2. The van der Waals surface area contributed by atoms with Crippen LogP contribution in [0.1, 0.15) is 16.1 Å². The van der Waals surface area contributed by atoms with Gasteiger partial charge in [-0.05, 0) is 30.2 Å². The molecule has 8 heteroatoms. The number of aromatic amines is 1. The Labute approximate surface area is 153 Å². The Bertz CT molecular complexity index is 1160. The molecule has 1 aliphatic heterocycles. The lowest BCUT2D eigenvalue weighted by atomic mass is 9.93. The molecular weight excluding hydrogens is 348 g/mol. The summed E-state index contributed by atoms with van der Waals surface area (Å²) in [5.41, 5.74) is 0.932. The molecule has 0 spiro atoms. The number of aromatic nitrogens is 3. The van der Waals surface area contributed by atoms with E-state index in [2.05, 4.69) is 9.97 Å². The van der Waals surface area contributed by atoms with Gasteiger partial charge in [0.25, 0.3) is 11.5 Å². The number of aliphatic hydroxyl groups excluding tert-OH is 1. The largest absolute Gasteiger partial charge is 0.396 e. The highest BCUT2D eigenvalue weighted by atomic mass is 16.3. The molecule has 1 aromatic carbocycles. The number of nitrogens with one attached hydrogen (secondary N) is 1. The van der Waals surface area contributed by atoms with Crippen LogP contribution in [0.25, 0.3) is 11.0 Å². The van der Waals surface area contributed by atoms with E-state index in [9.17, 15) is 19.5 Å². The van der Waals surface area contributed by atoms with Crippen molar-refractivity contribution in [1.82, 2.24) is 14.5 Å². The number of benzene rings is 1. The molecule has 8 nitrogen and oxygen atoms in total. The summed E-state index contributed by atoms with van der Waals surface area (Å²) < 4.78 is 1.20. The first-order chi connectivity index (χ1) is 13.0. The minimum absolute atomic E-state index is 0.0207.